The number of aryl methyl sites for hydroxylation is 1. The quantitative estimate of drug-likeness (QED) is 0.931. The molecule has 0 aromatic carbocycles. The maximum atomic E-state index is 12.5. The number of rotatable bonds is 3. The summed E-state index contributed by atoms with van der Waals surface area (Å²) in [4.78, 5) is 12.5. The second kappa shape index (κ2) is 5.61. The average molecular weight is 341 g/mol. The van der Waals surface area contributed by atoms with Crippen LogP contribution in [0.3, 0.4) is 0 Å². The average Bonchev–Trinajstić information content (AvgIpc) is 3.20. The fraction of sp³-hybridized carbons (Fsp3) is 0.611. The summed E-state index contributed by atoms with van der Waals surface area (Å²) in [6.07, 6.45) is 11.2. The Kier molecular flexibility index (Phi) is 3.36. The molecule has 0 radical (unpaired) electrons. The van der Waals surface area contributed by atoms with Crippen molar-refractivity contribution in [3.63, 3.8) is 0 Å². The Morgan fingerprint density at radius 1 is 1.16 bits per heavy atom. The van der Waals surface area contributed by atoms with Crippen molar-refractivity contribution in [2.75, 3.05) is 0 Å². The Hall–Kier alpha value is -2.31. The molecule has 2 aromatic rings. The summed E-state index contributed by atoms with van der Waals surface area (Å²) >= 11 is 0. The Morgan fingerprint density at radius 3 is 2.52 bits per heavy atom. The molecule has 0 unspecified atom stereocenters. The van der Waals surface area contributed by atoms with Crippen LogP contribution in [0, 0.1) is 23.7 Å². The highest BCUT2D eigenvalue weighted by atomic mass is 16.6. The van der Waals surface area contributed by atoms with Gasteiger partial charge < -0.3 is 10.1 Å². The molecule has 0 aliphatic heterocycles. The Morgan fingerprint density at radius 2 is 1.88 bits per heavy atom. The van der Waals surface area contributed by atoms with E-state index >= 15 is 0 Å². The van der Waals surface area contributed by atoms with E-state index in [1.54, 1.807) is 35.0 Å². The normalized spacial score (nSPS) is 32.8. The van der Waals surface area contributed by atoms with Gasteiger partial charge in [-0.25, -0.2) is 14.2 Å². The predicted octanol–water partition coefficient (Wildman–Crippen LogP) is 2.52. The van der Waals surface area contributed by atoms with Crippen LogP contribution in [0.2, 0.25) is 0 Å². The highest BCUT2D eigenvalue weighted by molar-refractivity contribution is 5.71. The van der Waals surface area contributed by atoms with Crippen LogP contribution in [-0.4, -0.2) is 31.7 Å². The summed E-state index contributed by atoms with van der Waals surface area (Å²) in [7, 11) is 1.81. The third kappa shape index (κ3) is 2.53. The molecule has 7 nitrogen and oxygen atoms in total. The van der Waals surface area contributed by atoms with Crippen LogP contribution in [0.4, 0.5) is 4.79 Å². The molecule has 4 fully saturated rings. The lowest BCUT2D eigenvalue weighted by Crippen LogP contribution is -2.56. The Balaban J connectivity index is 1.30. The van der Waals surface area contributed by atoms with Crippen molar-refractivity contribution in [3.05, 3.63) is 24.7 Å². The van der Waals surface area contributed by atoms with E-state index in [0.717, 1.165) is 11.8 Å². The Labute approximate surface area is 146 Å². The van der Waals surface area contributed by atoms with Gasteiger partial charge in [-0.2, -0.15) is 10.2 Å². The smallest absolute Gasteiger partial charge is 0.405 e. The van der Waals surface area contributed by atoms with Gasteiger partial charge in [-0.1, -0.05) is 0 Å². The standard InChI is InChI=1S/C18H23N5O2/c1-22-17(23-4-2-3-19-23)15(10-20-22)25-18(24)21-16-13-6-11-5-12(8-13)9-14(16)7-11/h2-4,10-14,16H,5-9H2,1H3,(H,21,24). The molecule has 7 heteroatoms. The zero-order valence-corrected chi connectivity index (χ0v) is 14.3. The van der Waals surface area contributed by atoms with Crippen molar-refractivity contribution in [1.29, 1.82) is 0 Å². The molecule has 0 atom stereocenters. The van der Waals surface area contributed by atoms with Gasteiger partial charge in [0.15, 0.2) is 11.6 Å². The first-order valence-corrected chi connectivity index (χ1v) is 9.17. The fourth-order valence-corrected chi connectivity index (χ4v) is 5.56. The molecule has 4 aliphatic rings. The molecule has 2 aromatic heterocycles. The summed E-state index contributed by atoms with van der Waals surface area (Å²) in [6, 6.07) is 2.09. The van der Waals surface area contributed by atoms with Crippen molar-refractivity contribution in [1.82, 2.24) is 24.9 Å². The molecule has 2 heterocycles. The van der Waals surface area contributed by atoms with E-state index in [0.29, 0.717) is 23.4 Å². The molecule has 4 saturated carbocycles. The minimum absolute atomic E-state index is 0.269. The molecule has 0 saturated heterocycles. The van der Waals surface area contributed by atoms with E-state index in [-0.39, 0.29) is 12.1 Å². The summed E-state index contributed by atoms with van der Waals surface area (Å²) in [5, 5.41) is 11.6. The Bertz CT molecular complexity index is 753. The second-order valence-corrected chi connectivity index (χ2v) is 7.90. The molecule has 1 N–H and O–H groups in total. The van der Waals surface area contributed by atoms with E-state index in [2.05, 4.69) is 15.5 Å². The molecular weight excluding hydrogens is 318 g/mol. The summed E-state index contributed by atoms with van der Waals surface area (Å²) < 4.78 is 8.90. The lowest BCUT2D eigenvalue weighted by Gasteiger charge is -2.54. The minimum Gasteiger partial charge on any atom is -0.405 e. The van der Waals surface area contributed by atoms with Gasteiger partial charge in [0.25, 0.3) is 0 Å². The van der Waals surface area contributed by atoms with Crippen molar-refractivity contribution >= 4 is 6.09 Å². The molecule has 1 amide bonds. The van der Waals surface area contributed by atoms with E-state index < -0.39 is 0 Å². The van der Waals surface area contributed by atoms with Crippen LogP contribution in [0.15, 0.2) is 24.7 Å². The molecule has 6 rings (SSSR count). The van der Waals surface area contributed by atoms with E-state index in [1.165, 1.54) is 32.1 Å². The zero-order valence-electron chi connectivity index (χ0n) is 14.3. The molecule has 0 spiro atoms. The first kappa shape index (κ1) is 15.0. The minimum atomic E-state index is -0.376. The fourth-order valence-electron chi connectivity index (χ4n) is 5.56. The zero-order chi connectivity index (χ0) is 17.0. The van der Waals surface area contributed by atoms with Crippen LogP contribution in [-0.2, 0) is 7.05 Å². The summed E-state index contributed by atoms with van der Waals surface area (Å²) in [6.45, 7) is 0. The van der Waals surface area contributed by atoms with Crippen LogP contribution in [0.5, 0.6) is 5.75 Å². The third-order valence-corrected chi connectivity index (χ3v) is 6.31. The van der Waals surface area contributed by atoms with Gasteiger partial charge in [-0.3, -0.25) is 0 Å². The predicted molar refractivity (Wildman–Crippen MR) is 90.3 cm³/mol. The van der Waals surface area contributed by atoms with Gasteiger partial charge in [0, 0.05) is 25.5 Å². The van der Waals surface area contributed by atoms with Gasteiger partial charge in [0.1, 0.15) is 0 Å². The van der Waals surface area contributed by atoms with Gasteiger partial charge in [-0.05, 0) is 61.8 Å². The van der Waals surface area contributed by atoms with Crippen molar-refractivity contribution < 1.29 is 9.53 Å². The number of aromatic nitrogens is 4. The second-order valence-electron chi connectivity index (χ2n) is 7.90. The van der Waals surface area contributed by atoms with Gasteiger partial charge in [0.2, 0.25) is 0 Å². The number of carbonyl (C=O) groups is 1. The van der Waals surface area contributed by atoms with Crippen molar-refractivity contribution in [3.8, 4) is 11.6 Å². The maximum Gasteiger partial charge on any atom is 0.413 e. The van der Waals surface area contributed by atoms with Crippen molar-refractivity contribution in [2.45, 2.75) is 38.1 Å². The lowest BCUT2D eigenvalue weighted by molar-refractivity contribution is -0.0114. The molecule has 4 bridgehead atoms. The number of nitrogens with one attached hydrogen (secondary N) is 1. The molecule has 132 valence electrons. The summed E-state index contributed by atoms with van der Waals surface area (Å²) in [5.41, 5.74) is 0. The topological polar surface area (TPSA) is 74.0 Å². The van der Waals surface area contributed by atoms with Crippen LogP contribution in [0.25, 0.3) is 5.82 Å². The molecule has 25 heavy (non-hydrogen) atoms. The third-order valence-electron chi connectivity index (χ3n) is 6.31. The summed E-state index contributed by atoms with van der Waals surface area (Å²) in [5.74, 6) is 4.10. The first-order chi connectivity index (χ1) is 12.2. The number of amides is 1. The van der Waals surface area contributed by atoms with E-state index in [4.69, 9.17) is 4.74 Å². The van der Waals surface area contributed by atoms with Crippen LogP contribution in [0.1, 0.15) is 32.1 Å². The lowest BCUT2D eigenvalue weighted by atomic mass is 9.54. The molecule has 4 aliphatic carbocycles. The number of hydrogen-bond donors (Lipinski definition) is 1. The number of nitrogens with zero attached hydrogens (tertiary/aromatic N) is 4. The molecular formula is C18H23N5O2. The van der Waals surface area contributed by atoms with Gasteiger partial charge in [-0.15, -0.1) is 0 Å². The van der Waals surface area contributed by atoms with E-state index in [9.17, 15) is 4.79 Å². The number of ether oxygens (including phenoxy) is 1. The highest BCUT2D eigenvalue weighted by Crippen LogP contribution is 2.53. The van der Waals surface area contributed by atoms with Gasteiger partial charge in [0.05, 0.1) is 6.20 Å². The highest BCUT2D eigenvalue weighted by Gasteiger charge is 2.48. The monoisotopic (exact) mass is 341 g/mol. The SMILES string of the molecule is Cn1ncc(OC(=O)NC2C3CC4CC(C3)CC2C4)c1-n1cccn1. The van der Waals surface area contributed by atoms with Crippen LogP contribution >= 0.6 is 0 Å². The van der Waals surface area contributed by atoms with Crippen molar-refractivity contribution in [2.24, 2.45) is 30.7 Å². The maximum absolute atomic E-state index is 12.5. The first-order valence-electron chi connectivity index (χ1n) is 9.17. The largest absolute Gasteiger partial charge is 0.413 e. The number of carbonyl (C=O) groups excluding carboxylic acids is 1. The van der Waals surface area contributed by atoms with Gasteiger partial charge >= 0.3 is 6.09 Å². The number of hydrogen-bond acceptors (Lipinski definition) is 4. The van der Waals surface area contributed by atoms with Crippen LogP contribution < -0.4 is 10.1 Å². The van der Waals surface area contributed by atoms with E-state index in [1.807, 2.05) is 6.07 Å².